The highest BCUT2D eigenvalue weighted by atomic mass is 32.1. The molecule has 2 aromatic rings. The van der Waals surface area contributed by atoms with Crippen LogP contribution in [0.2, 0.25) is 0 Å². The Morgan fingerprint density at radius 3 is 2.83 bits per heavy atom. The van der Waals surface area contributed by atoms with Gasteiger partial charge in [0.15, 0.2) is 5.96 Å². The number of hydrogen-bond donors (Lipinski definition) is 1. The maximum atomic E-state index is 4.53. The van der Waals surface area contributed by atoms with E-state index in [2.05, 4.69) is 63.0 Å². The summed E-state index contributed by atoms with van der Waals surface area (Å²) in [5.74, 6) is 1.67. The van der Waals surface area contributed by atoms with Crippen molar-refractivity contribution in [2.45, 2.75) is 32.4 Å². The molecule has 0 saturated heterocycles. The largest absolute Gasteiger partial charge is 0.353 e. The fourth-order valence-corrected chi connectivity index (χ4v) is 3.48. The van der Waals surface area contributed by atoms with E-state index in [9.17, 15) is 0 Å². The minimum Gasteiger partial charge on any atom is -0.353 e. The molecule has 4 nitrogen and oxygen atoms in total. The molecular weight excluding hydrogens is 304 g/mol. The van der Waals surface area contributed by atoms with Crippen LogP contribution in [0.1, 0.15) is 22.7 Å². The number of benzene rings is 1. The number of thiazole rings is 1. The molecule has 1 saturated carbocycles. The Morgan fingerprint density at radius 2 is 2.17 bits per heavy atom. The number of guanidine groups is 1. The van der Waals surface area contributed by atoms with E-state index >= 15 is 0 Å². The molecule has 122 valence electrons. The molecule has 2 atom stereocenters. The second kappa shape index (κ2) is 7.13. The molecule has 23 heavy (non-hydrogen) atoms. The quantitative estimate of drug-likeness (QED) is 0.677. The van der Waals surface area contributed by atoms with Crippen molar-refractivity contribution < 1.29 is 0 Å². The highest BCUT2D eigenvalue weighted by Crippen LogP contribution is 2.33. The molecule has 0 bridgehead atoms. The van der Waals surface area contributed by atoms with E-state index in [1.54, 1.807) is 11.3 Å². The zero-order valence-corrected chi connectivity index (χ0v) is 14.8. The molecule has 0 spiro atoms. The SMILES string of the molecule is CN=C(NC1CC1Cc1ccccc1)N(C)Cc1csc(C)n1. The Hall–Kier alpha value is -1.88. The summed E-state index contributed by atoms with van der Waals surface area (Å²) >= 11 is 1.70. The predicted molar refractivity (Wildman–Crippen MR) is 96.9 cm³/mol. The van der Waals surface area contributed by atoms with Crippen molar-refractivity contribution in [3.8, 4) is 0 Å². The van der Waals surface area contributed by atoms with Crippen molar-refractivity contribution in [1.82, 2.24) is 15.2 Å². The molecule has 1 aromatic carbocycles. The van der Waals surface area contributed by atoms with E-state index in [0.717, 1.165) is 29.6 Å². The molecule has 1 aromatic heterocycles. The lowest BCUT2D eigenvalue weighted by Crippen LogP contribution is -2.40. The van der Waals surface area contributed by atoms with Gasteiger partial charge in [-0.15, -0.1) is 11.3 Å². The fourth-order valence-electron chi connectivity index (χ4n) is 2.88. The van der Waals surface area contributed by atoms with Gasteiger partial charge in [0.05, 0.1) is 17.2 Å². The first kappa shape index (κ1) is 16.0. The molecule has 1 heterocycles. The van der Waals surface area contributed by atoms with Crippen LogP contribution in [0.4, 0.5) is 0 Å². The summed E-state index contributed by atoms with van der Waals surface area (Å²) in [6.45, 7) is 2.83. The summed E-state index contributed by atoms with van der Waals surface area (Å²) in [5.41, 5.74) is 2.53. The van der Waals surface area contributed by atoms with Crippen LogP contribution in [0, 0.1) is 12.8 Å². The predicted octanol–water partition coefficient (Wildman–Crippen LogP) is 3.09. The maximum absolute atomic E-state index is 4.53. The first-order valence-electron chi connectivity index (χ1n) is 8.05. The van der Waals surface area contributed by atoms with Crippen LogP contribution in [0.15, 0.2) is 40.7 Å². The maximum Gasteiger partial charge on any atom is 0.193 e. The summed E-state index contributed by atoms with van der Waals surface area (Å²) < 4.78 is 0. The van der Waals surface area contributed by atoms with Gasteiger partial charge in [0.2, 0.25) is 0 Å². The van der Waals surface area contributed by atoms with Gasteiger partial charge >= 0.3 is 0 Å². The average molecular weight is 328 g/mol. The Kier molecular flexibility index (Phi) is 4.96. The summed E-state index contributed by atoms with van der Waals surface area (Å²) in [6.07, 6.45) is 2.36. The van der Waals surface area contributed by atoms with Crippen molar-refractivity contribution >= 4 is 17.3 Å². The minimum atomic E-state index is 0.536. The van der Waals surface area contributed by atoms with Crippen molar-refractivity contribution in [1.29, 1.82) is 0 Å². The van der Waals surface area contributed by atoms with Gasteiger partial charge in [0.25, 0.3) is 0 Å². The summed E-state index contributed by atoms with van der Waals surface area (Å²) in [4.78, 5) is 11.1. The van der Waals surface area contributed by atoms with Crippen LogP contribution < -0.4 is 5.32 Å². The van der Waals surface area contributed by atoms with E-state index < -0.39 is 0 Å². The van der Waals surface area contributed by atoms with E-state index in [0.29, 0.717) is 12.0 Å². The molecule has 1 aliphatic rings. The highest BCUT2D eigenvalue weighted by molar-refractivity contribution is 7.09. The van der Waals surface area contributed by atoms with Gasteiger partial charge in [-0.05, 0) is 31.2 Å². The van der Waals surface area contributed by atoms with Gasteiger partial charge in [-0.25, -0.2) is 4.98 Å². The standard InChI is InChI=1S/C18H24N4S/c1-13-20-16(12-23-13)11-22(3)18(19-2)21-17-10-15(17)9-14-7-5-4-6-8-14/h4-8,12,15,17H,9-11H2,1-3H3,(H,19,21). The number of rotatable bonds is 5. The zero-order valence-electron chi connectivity index (χ0n) is 14.0. The van der Waals surface area contributed by atoms with Gasteiger partial charge in [0.1, 0.15) is 0 Å². The van der Waals surface area contributed by atoms with E-state index in [1.165, 1.54) is 12.0 Å². The van der Waals surface area contributed by atoms with Crippen LogP contribution in [0.3, 0.4) is 0 Å². The normalized spacial score (nSPS) is 20.4. The number of aryl methyl sites for hydroxylation is 1. The number of nitrogens with one attached hydrogen (secondary N) is 1. The Labute approximate surface area is 142 Å². The first-order chi connectivity index (χ1) is 11.2. The molecule has 1 fully saturated rings. The van der Waals surface area contributed by atoms with E-state index in [4.69, 9.17) is 0 Å². The molecule has 0 radical (unpaired) electrons. The van der Waals surface area contributed by atoms with Gasteiger partial charge in [-0.3, -0.25) is 4.99 Å². The molecule has 3 rings (SSSR count). The number of aliphatic imine (C=N–C) groups is 1. The van der Waals surface area contributed by atoms with Crippen molar-refractivity contribution in [3.63, 3.8) is 0 Å². The first-order valence-corrected chi connectivity index (χ1v) is 8.93. The second-order valence-corrected chi connectivity index (χ2v) is 7.26. The van der Waals surface area contributed by atoms with E-state index in [-0.39, 0.29) is 0 Å². The van der Waals surface area contributed by atoms with Gasteiger partial charge in [-0.1, -0.05) is 30.3 Å². The van der Waals surface area contributed by atoms with E-state index in [1.807, 2.05) is 14.0 Å². The van der Waals surface area contributed by atoms with Gasteiger partial charge in [0, 0.05) is 25.5 Å². The number of aromatic nitrogens is 1. The molecule has 1 aliphatic carbocycles. The number of nitrogens with zero attached hydrogens (tertiary/aromatic N) is 3. The minimum absolute atomic E-state index is 0.536. The fraction of sp³-hybridized carbons (Fsp3) is 0.444. The Morgan fingerprint density at radius 1 is 1.39 bits per heavy atom. The zero-order chi connectivity index (χ0) is 16.2. The van der Waals surface area contributed by atoms with Crippen LogP contribution in [-0.2, 0) is 13.0 Å². The Balaban J connectivity index is 1.50. The third-order valence-electron chi connectivity index (χ3n) is 4.22. The lowest BCUT2D eigenvalue weighted by atomic mass is 10.1. The lowest BCUT2D eigenvalue weighted by molar-refractivity contribution is 0.468. The van der Waals surface area contributed by atoms with Gasteiger partial charge < -0.3 is 10.2 Å². The number of hydrogen-bond acceptors (Lipinski definition) is 3. The lowest BCUT2D eigenvalue weighted by Gasteiger charge is -2.21. The smallest absolute Gasteiger partial charge is 0.193 e. The molecule has 1 N–H and O–H groups in total. The molecule has 0 amide bonds. The third-order valence-corrected chi connectivity index (χ3v) is 5.04. The molecule has 5 heteroatoms. The molecular formula is C18H24N4S. The third kappa shape index (κ3) is 4.32. The van der Waals surface area contributed by atoms with Crippen molar-refractivity contribution in [2.24, 2.45) is 10.9 Å². The topological polar surface area (TPSA) is 40.5 Å². The monoisotopic (exact) mass is 328 g/mol. The molecule has 0 aliphatic heterocycles. The van der Waals surface area contributed by atoms with Crippen LogP contribution >= 0.6 is 11.3 Å². The van der Waals surface area contributed by atoms with Crippen molar-refractivity contribution in [3.05, 3.63) is 52.0 Å². The summed E-state index contributed by atoms with van der Waals surface area (Å²) in [6, 6.07) is 11.3. The second-order valence-electron chi connectivity index (χ2n) is 6.20. The van der Waals surface area contributed by atoms with Crippen LogP contribution in [-0.4, -0.2) is 36.0 Å². The Bertz CT molecular complexity index is 665. The summed E-state index contributed by atoms with van der Waals surface area (Å²) in [5, 5.41) is 6.82. The summed E-state index contributed by atoms with van der Waals surface area (Å²) in [7, 11) is 3.91. The van der Waals surface area contributed by atoms with Crippen molar-refractivity contribution in [2.75, 3.05) is 14.1 Å². The highest BCUT2D eigenvalue weighted by Gasteiger charge is 2.37. The molecule has 2 unspecified atom stereocenters. The van der Waals surface area contributed by atoms with Crippen LogP contribution in [0.5, 0.6) is 0 Å². The van der Waals surface area contributed by atoms with Gasteiger partial charge in [-0.2, -0.15) is 0 Å². The average Bonchev–Trinajstić information content (AvgIpc) is 3.15. The van der Waals surface area contributed by atoms with Crippen LogP contribution in [0.25, 0.3) is 0 Å².